The second-order valence-corrected chi connectivity index (χ2v) is 11.3. The van der Waals surface area contributed by atoms with Crippen molar-refractivity contribution < 1.29 is 9.59 Å². The highest BCUT2D eigenvalue weighted by atomic mass is 35.5. The summed E-state index contributed by atoms with van der Waals surface area (Å²) in [7, 11) is 0. The summed E-state index contributed by atoms with van der Waals surface area (Å²) in [6, 6.07) is 19.0. The molecule has 216 valence electrons. The van der Waals surface area contributed by atoms with E-state index in [0.717, 1.165) is 24.1 Å². The Morgan fingerprint density at radius 1 is 0.900 bits per heavy atom. The highest BCUT2D eigenvalue weighted by Gasteiger charge is 2.21. The molecule has 1 N–H and O–H groups in total. The number of benzene rings is 2. The second kappa shape index (κ2) is 16.9. The number of halogens is 1. The summed E-state index contributed by atoms with van der Waals surface area (Å²) in [4.78, 5) is 28.1. The first kappa shape index (κ1) is 31.4. The Kier molecular flexibility index (Phi) is 13.2. The number of para-hydroxylation sites is 1. The lowest BCUT2D eigenvalue weighted by molar-refractivity contribution is -0.135. The van der Waals surface area contributed by atoms with E-state index < -0.39 is 0 Å². The third kappa shape index (κ3) is 10.1. The summed E-state index contributed by atoms with van der Waals surface area (Å²) in [5, 5.41) is 8.27. The molecule has 7 heteroatoms. The fourth-order valence-electron chi connectivity index (χ4n) is 4.82. The quantitative estimate of drug-likeness (QED) is 0.167. The van der Waals surface area contributed by atoms with Crippen molar-refractivity contribution in [3.05, 3.63) is 65.7 Å². The van der Waals surface area contributed by atoms with Gasteiger partial charge in [-0.1, -0.05) is 126 Å². The van der Waals surface area contributed by atoms with Gasteiger partial charge in [-0.05, 0) is 24.5 Å². The first-order valence-electron chi connectivity index (χ1n) is 14.9. The molecule has 2 aromatic carbocycles. The number of anilines is 1. The Bertz CT molecular complexity index is 1190. The van der Waals surface area contributed by atoms with Crippen molar-refractivity contribution >= 4 is 29.2 Å². The first-order valence-corrected chi connectivity index (χ1v) is 15.2. The van der Waals surface area contributed by atoms with Gasteiger partial charge in [-0.15, -0.1) is 0 Å². The minimum absolute atomic E-state index is 0.00279. The number of amides is 2. The smallest absolute Gasteiger partial charge is 0.245 e. The SMILES string of the molecule is CCCCCCCCCCCC(=O)N(CC(=O)Nc1cc(-c2ccccc2)nn1-c1ccccc1Cl)CC(C)C. The van der Waals surface area contributed by atoms with Gasteiger partial charge in [0.15, 0.2) is 0 Å². The maximum absolute atomic E-state index is 13.3. The van der Waals surface area contributed by atoms with Crippen molar-refractivity contribution in [2.75, 3.05) is 18.4 Å². The monoisotopic (exact) mass is 564 g/mol. The van der Waals surface area contributed by atoms with Crippen LogP contribution < -0.4 is 5.32 Å². The Labute approximate surface area is 245 Å². The van der Waals surface area contributed by atoms with Gasteiger partial charge < -0.3 is 10.2 Å². The fraction of sp³-hybridized carbons (Fsp3) is 0.485. The average molecular weight is 565 g/mol. The molecule has 6 nitrogen and oxygen atoms in total. The highest BCUT2D eigenvalue weighted by Crippen LogP contribution is 2.28. The molecule has 0 bridgehead atoms. The number of unbranched alkanes of at least 4 members (excludes halogenated alkanes) is 8. The van der Waals surface area contributed by atoms with E-state index >= 15 is 0 Å². The molecular weight excluding hydrogens is 520 g/mol. The van der Waals surface area contributed by atoms with Crippen LogP contribution in [-0.4, -0.2) is 39.6 Å². The lowest BCUT2D eigenvalue weighted by atomic mass is 10.1. The first-order chi connectivity index (χ1) is 19.4. The van der Waals surface area contributed by atoms with E-state index in [2.05, 4.69) is 26.1 Å². The van der Waals surface area contributed by atoms with Gasteiger partial charge in [0.05, 0.1) is 22.9 Å². The van der Waals surface area contributed by atoms with Gasteiger partial charge in [0.1, 0.15) is 5.82 Å². The third-order valence-electron chi connectivity index (χ3n) is 6.89. The Morgan fingerprint density at radius 3 is 2.17 bits per heavy atom. The normalized spacial score (nSPS) is 11.1. The lowest BCUT2D eigenvalue weighted by Gasteiger charge is -2.24. The predicted molar refractivity (Wildman–Crippen MR) is 166 cm³/mol. The van der Waals surface area contributed by atoms with E-state index in [0.29, 0.717) is 29.5 Å². The number of nitrogens with one attached hydrogen (secondary N) is 1. The van der Waals surface area contributed by atoms with E-state index in [1.807, 2.05) is 54.6 Å². The summed E-state index contributed by atoms with van der Waals surface area (Å²) < 4.78 is 1.65. The Hall–Kier alpha value is -3.12. The van der Waals surface area contributed by atoms with Crippen LogP contribution in [0.4, 0.5) is 5.82 Å². The molecule has 0 saturated carbocycles. The largest absolute Gasteiger partial charge is 0.333 e. The number of hydrogen-bond donors (Lipinski definition) is 1. The molecule has 0 aliphatic carbocycles. The van der Waals surface area contributed by atoms with Crippen LogP contribution in [0.15, 0.2) is 60.7 Å². The van der Waals surface area contributed by atoms with Gasteiger partial charge >= 0.3 is 0 Å². The van der Waals surface area contributed by atoms with E-state index in [4.69, 9.17) is 16.7 Å². The molecule has 0 aliphatic heterocycles. The molecule has 0 spiro atoms. The lowest BCUT2D eigenvalue weighted by Crippen LogP contribution is -2.40. The number of aromatic nitrogens is 2. The van der Waals surface area contributed by atoms with Gasteiger partial charge in [-0.2, -0.15) is 5.10 Å². The van der Waals surface area contributed by atoms with Crippen LogP contribution >= 0.6 is 11.6 Å². The van der Waals surface area contributed by atoms with Gasteiger partial charge in [-0.25, -0.2) is 4.68 Å². The summed E-state index contributed by atoms with van der Waals surface area (Å²) in [6.07, 6.45) is 11.3. The van der Waals surface area contributed by atoms with Crippen LogP contribution in [0.2, 0.25) is 5.02 Å². The van der Waals surface area contributed by atoms with Crippen LogP contribution in [0.5, 0.6) is 0 Å². The second-order valence-electron chi connectivity index (χ2n) is 10.9. The summed E-state index contributed by atoms with van der Waals surface area (Å²) >= 11 is 6.49. The van der Waals surface area contributed by atoms with E-state index in [1.54, 1.807) is 15.6 Å². The van der Waals surface area contributed by atoms with Crippen molar-refractivity contribution in [2.45, 2.75) is 85.0 Å². The minimum atomic E-state index is -0.256. The Morgan fingerprint density at radius 2 is 1.52 bits per heavy atom. The number of rotatable bonds is 17. The van der Waals surface area contributed by atoms with E-state index in [1.165, 1.54) is 44.9 Å². The van der Waals surface area contributed by atoms with Crippen molar-refractivity contribution in [2.24, 2.45) is 5.92 Å². The third-order valence-corrected chi connectivity index (χ3v) is 7.21. The van der Waals surface area contributed by atoms with Gasteiger partial charge in [0.2, 0.25) is 11.8 Å². The van der Waals surface area contributed by atoms with Crippen molar-refractivity contribution in [1.29, 1.82) is 0 Å². The van der Waals surface area contributed by atoms with Crippen LogP contribution in [-0.2, 0) is 9.59 Å². The Balaban J connectivity index is 1.63. The average Bonchev–Trinajstić information content (AvgIpc) is 3.35. The van der Waals surface area contributed by atoms with Crippen LogP contribution in [0, 0.1) is 5.92 Å². The molecule has 0 radical (unpaired) electrons. The highest BCUT2D eigenvalue weighted by molar-refractivity contribution is 6.32. The number of carbonyl (C=O) groups excluding carboxylic acids is 2. The summed E-state index contributed by atoms with van der Waals surface area (Å²) in [5.74, 6) is 0.552. The number of carbonyl (C=O) groups is 2. The van der Waals surface area contributed by atoms with Crippen molar-refractivity contribution in [3.63, 3.8) is 0 Å². The van der Waals surface area contributed by atoms with Crippen LogP contribution in [0.1, 0.15) is 85.0 Å². The van der Waals surface area contributed by atoms with E-state index in [-0.39, 0.29) is 24.3 Å². The molecule has 1 aromatic heterocycles. The summed E-state index contributed by atoms with van der Waals surface area (Å²) in [6.45, 7) is 6.91. The zero-order valence-electron chi connectivity index (χ0n) is 24.4. The van der Waals surface area contributed by atoms with Crippen molar-refractivity contribution in [1.82, 2.24) is 14.7 Å². The molecule has 0 saturated heterocycles. The maximum atomic E-state index is 13.3. The number of nitrogens with zero attached hydrogens (tertiary/aromatic N) is 3. The summed E-state index contributed by atoms with van der Waals surface area (Å²) in [5.41, 5.74) is 2.32. The molecule has 3 aromatic rings. The van der Waals surface area contributed by atoms with E-state index in [9.17, 15) is 9.59 Å². The molecule has 0 fully saturated rings. The fourth-order valence-corrected chi connectivity index (χ4v) is 5.04. The molecule has 1 heterocycles. The van der Waals surface area contributed by atoms with Gasteiger partial charge in [0, 0.05) is 24.6 Å². The topological polar surface area (TPSA) is 67.2 Å². The van der Waals surface area contributed by atoms with Crippen molar-refractivity contribution in [3.8, 4) is 16.9 Å². The molecule has 0 aliphatic rings. The minimum Gasteiger partial charge on any atom is -0.333 e. The van der Waals surface area contributed by atoms with Gasteiger partial charge in [0.25, 0.3) is 0 Å². The maximum Gasteiger partial charge on any atom is 0.245 e. The molecule has 0 atom stereocenters. The van der Waals surface area contributed by atoms with Gasteiger partial charge in [-0.3, -0.25) is 9.59 Å². The zero-order chi connectivity index (χ0) is 28.7. The standard InChI is InChI=1S/C33H45ClN4O2/c1-4-5-6-7-8-9-10-11-15-22-33(40)37(24-26(2)3)25-32(39)35-31-23-29(27-18-13-12-14-19-27)36-38(31)30-21-17-16-20-28(30)34/h12-14,16-21,23,26H,4-11,15,22,24-25H2,1-3H3,(H,35,39). The van der Waals surface area contributed by atoms with Crippen LogP contribution in [0.25, 0.3) is 16.9 Å². The molecule has 40 heavy (non-hydrogen) atoms. The van der Waals surface area contributed by atoms with Crippen LogP contribution in [0.3, 0.4) is 0 Å². The molecule has 0 unspecified atom stereocenters. The molecular formula is C33H45ClN4O2. The number of hydrogen-bond acceptors (Lipinski definition) is 3. The molecule has 3 rings (SSSR count). The predicted octanol–water partition coefficient (Wildman–Crippen LogP) is 8.54. The molecule has 2 amide bonds. The zero-order valence-corrected chi connectivity index (χ0v) is 25.1.